The number of imidazole rings is 1. The van der Waals surface area contributed by atoms with Gasteiger partial charge in [0.15, 0.2) is 17.3 Å². The number of aryl methyl sites for hydroxylation is 2. The van der Waals surface area contributed by atoms with E-state index in [4.69, 9.17) is 15.7 Å². The molecule has 198 valence electrons. The summed E-state index contributed by atoms with van der Waals surface area (Å²) >= 11 is 0. The monoisotopic (exact) mass is 527 g/mol. The summed E-state index contributed by atoms with van der Waals surface area (Å²) in [7, 11) is 0. The minimum absolute atomic E-state index is 0.200. The van der Waals surface area contributed by atoms with Crippen molar-refractivity contribution in [2.45, 2.75) is 38.8 Å². The minimum Gasteiger partial charge on any atom is -0.383 e. The molecule has 1 aliphatic carbocycles. The van der Waals surface area contributed by atoms with Crippen LogP contribution in [0.2, 0.25) is 0 Å². The molecule has 5 heterocycles. The van der Waals surface area contributed by atoms with Crippen LogP contribution in [0.5, 0.6) is 0 Å². The number of pyridine rings is 3. The first-order valence-corrected chi connectivity index (χ1v) is 13.5. The van der Waals surface area contributed by atoms with Crippen molar-refractivity contribution in [3.8, 4) is 22.9 Å². The van der Waals surface area contributed by atoms with Gasteiger partial charge in [-0.1, -0.05) is 12.1 Å². The molecule has 0 saturated carbocycles. The van der Waals surface area contributed by atoms with Gasteiger partial charge in [0.2, 0.25) is 0 Å². The molecule has 0 aliphatic heterocycles. The van der Waals surface area contributed by atoms with Gasteiger partial charge in [-0.25, -0.2) is 19.6 Å². The van der Waals surface area contributed by atoms with E-state index in [0.717, 1.165) is 46.8 Å². The van der Waals surface area contributed by atoms with Crippen LogP contribution in [0.4, 0.5) is 5.82 Å². The van der Waals surface area contributed by atoms with Crippen molar-refractivity contribution in [2.24, 2.45) is 0 Å². The van der Waals surface area contributed by atoms with E-state index in [-0.39, 0.29) is 12.1 Å². The summed E-state index contributed by atoms with van der Waals surface area (Å²) < 4.78 is 3.83. The molecule has 9 heteroatoms. The summed E-state index contributed by atoms with van der Waals surface area (Å²) in [6, 6.07) is 20.9. The molecule has 1 aromatic carbocycles. The van der Waals surface area contributed by atoms with Crippen molar-refractivity contribution in [2.75, 3.05) is 5.73 Å². The number of fused-ring (bicyclic) bond motifs is 2. The van der Waals surface area contributed by atoms with Gasteiger partial charge in [-0.2, -0.15) is 5.10 Å². The number of hydrogen-bond donors (Lipinski definition) is 2. The summed E-state index contributed by atoms with van der Waals surface area (Å²) in [5.41, 5.74) is 14.5. The first kappa shape index (κ1) is 24.2. The van der Waals surface area contributed by atoms with E-state index < -0.39 is 0 Å². The Balaban J connectivity index is 1.30. The summed E-state index contributed by atoms with van der Waals surface area (Å²) in [5.74, 6) is 1.85. The molecular formula is C31H29N9. The molecule has 0 spiro atoms. The molecular weight excluding hydrogens is 498 g/mol. The zero-order valence-corrected chi connectivity index (χ0v) is 22.4. The van der Waals surface area contributed by atoms with E-state index in [1.807, 2.05) is 49.6 Å². The Morgan fingerprint density at radius 3 is 2.73 bits per heavy atom. The predicted octanol–water partition coefficient (Wildman–Crippen LogP) is 5.29. The van der Waals surface area contributed by atoms with Crippen molar-refractivity contribution < 1.29 is 0 Å². The topological polar surface area (TPSA) is 112 Å². The highest BCUT2D eigenvalue weighted by atomic mass is 15.3. The Kier molecular flexibility index (Phi) is 5.86. The van der Waals surface area contributed by atoms with Gasteiger partial charge >= 0.3 is 0 Å². The lowest BCUT2D eigenvalue weighted by atomic mass is 10.0. The van der Waals surface area contributed by atoms with Crippen molar-refractivity contribution >= 4 is 17.0 Å². The van der Waals surface area contributed by atoms with Gasteiger partial charge in [0, 0.05) is 48.3 Å². The first-order chi connectivity index (χ1) is 19.5. The molecule has 0 amide bonds. The van der Waals surface area contributed by atoms with Crippen molar-refractivity contribution in [1.29, 1.82) is 0 Å². The van der Waals surface area contributed by atoms with E-state index in [1.165, 1.54) is 16.7 Å². The van der Waals surface area contributed by atoms with Crippen molar-refractivity contribution in [3.05, 3.63) is 108 Å². The fraction of sp³-hybridized carbons (Fsp3) is 0.194. The summed E-state index contributed by atoms with van der Waals surface area (Å²) in [5, 5.41) is 8.18. The number of hydrogen-bond acceptors (Lipinski definition) is 7. The number of rotatable bonds is 6. The van der Waals surface area contributed by atoms with E-state index >= 15 is 0 Å². The SMILES string of the molecule is Cc1ccc(C(C)N[C@H]2CCc3cc(-n4c(-c5cccnc5N)nc5ccc(-n6cccn6)nc54)ccc32)cn1. The van der Waals surface area contributed by atoms with Gasteiger partial charge in [0.25, 0.3) is 0 Å². The average molecular weight is 528 g/mol. The van der Waals surface area contributed by atoms with Crippen LogP contribution in [0.1, 0.15) is 47.8 Å². The molecule has 7 rings (SSSR count). The number of aromatic nitrogens is 7. The first-order valence-electron chi connectivity index (χ1n) is 13.5. The maximum absolute atomic E-state index is 6.33. The zero-order chi connectivity index (χ0) is 27.2. The van der Waals surface area contributed by atoms with E-state index in [0.29, 0.717) is 11.6 Å². The van der Waals surface area contributed by atoms with Crippen LogP contribution < -0.4 is 11.1 Å². The van der Waals surface area contributed by atoms with Crippen molar-refractivity contribution in [1.82, 2.24) is 39.6 Å². The van der Waals surface area contributed by atoms with E-state index in [9.17, 15) is 0 Å². The Morgan fingerprint density at radius 1 is 1.00 bits per heavy atom. The van der Waals surface area contributed by atoms with Gasteiger partial charge in [0.05, 0.1) is 5.56 Å². The summed E-state index contributed by atoms with van der Waals surface area (Å²) in [6.45, 7) is 4.21. The Labute approximate surface area is 231 Å². The lowest BCUT2D eigenvalue weighted by Gasteiger charge is -2.21. The van der Waals surface area contributed by atoms with Gasteiger partial charge in [-0.05, 0) is 91.9 Å². The highest BCUT2D eigenvalue weighted by Gasteiger charge is 2.26. The number of nitrogens with one attached hydrogen (secondary N) is 1. The van der Waals surface area contributed by atoms with Crippen LogP contribution in [0.15, 0.2) is 85.5 Å². The molecule has 9 nitrogen and oxygen atoms in total. The Morgan fingerprint density at radius 2 is 1.93 bits per heavy atom. The zero-order valence-electron chi connectivity index (χ0n) is 22.4. The second-order valence-electron chi connectivity index (χ2n) is 10.3. The fourth-order valence-corrected chi connectivity index (χ4v) is 5.56. The third kappa shape index (κ3) is 4.20. The van der Waals surface area contributed by atoms with Gasteiger partial charge < -0.3 is 11.1 Å². The second-order valence-corrected chi connectivity index (χ2v) is 10.3. The summed E-state index contributed by atoms with van der Waals surface area (Å²) in [4.78, 5) is 18.7. The van der Waals surface area contributed by atoms with Crippen LogP contribution in [0.3, 0.4) is 0 Å². The maximum atomic E-state index is 6.33. The molecule has 1 unspecified atom stereocenters. The van der Waals surface area contributed by atoms with Gasteiger partial charge in [0.1, 0.15) is 11.3 Å². The molecule has 0 bridgehead atoms. The molecule has 0 fully saturated rings. The Hall–Kier alpha value is -4.89. The molecule has 3 N–H and O–H groups in total. The number of nitrogens with zero attached hydrogens (tertiary/aromatic N) is 7. The highest BCUT2D eigenvalue weighted by Crippen LogP contribution is 2.37. The number of nitrogen functional groups attached to an aromatic ring is 1. The lowest BCUT2D eigenvalue weighted by molar-refractivity contribution is 0.464. The highest BCUT2D eigenvalue weighted by molar-refractivity contribution is 5.83. The Bertz CT molecular complexity index is 1820. The summed E-state index contributed by atoms with van der Waals surface area (Å²) in [6.07, 6.45) is 9.31. The fourth-order valence-electron chi connectivity index (χ4n) is 5.56. The van der Waals surface area contributed by atoms with Crippen LogP contribution in [-0.4, -0.2) is 34.3 Å². The largest absolute Gasteiger partial charge is 0.383 e. The molecule has 0 saturated heterocycles. The van der Waals surface area contributed by atoms with Gasteiger partial charge in [-0.15, -0.1) is 0 Å². The van der Waals surface area contributed by atoms with E-state index in [1.54, 1.807) is 17.1 Å². The normalized spacial score (nSPS) is 15.4. The molecule has 6 aromatic rings. The lowest BCUT2D eigenvalue weighted by Crippen LogP contribution is -2.23. The third-order valence-electron chi connectivity index (χ3n) is 7.66. The number of anilines is 1. The van der Waals surface area contributed by atoms with Crippen LogP contribution in [0.25, 0.3) is 34.1 Å². The van der Waals surface area contributed by atoms with E-state index in [2.05, 4.69) is 62.2 Å². The van der Waals surface area contributed by atoms with Crippen LogP contribution in [-0.2, 0) is 6.42 Å². The minimum atomic E-state index is 0.200. The quantitative estimate of drug-likeness (QED) is 0.303. The van der Waals surface area contributed by atoms with Gasteiger partial charge in [-0.3, -0.25) is 9.55 Å². The van der Waals surface area contributed by atoms with Crippen molar-refractivity contribution in [3.63, 3.8) is 0 Å². The van der Waals surface area contributed by atoms with Crippen LogP contribution in [0, 0.1) is 6.92 Å². The molecule has 2 atom stereocenters. The third-order valence-corrected chi connectivity index (χ3v) is 7.66. The predicted molar refractivity (Wildman–Crippen MR) is 155 cm³/mol. The smallest absolute Gasteiger partial charge is 0.167 e. The maximum Gasteiger partial charge on any atom is 0.167 e. The molecule has 5 aromatic heterocycles. The standard InChI is InChI=1S/C31H29N9/c1-19-6-7-22(18-34-19)20(2)36-26-11-8-21-17-23(9-10-24(21)26)40-30(25-5-3-14-33-29(25)32)37-27-12-13-28(38-31(27)40)39-16-4-15-35-39/h3-7,9-10,12-18,20,26,36H,8,11H2,1-2H3,(H2,32,33)/t20?,26-/m0/s1. The average Bonchev–Trinajstić information content (AvgIpc) is 3.72. The molecule has 40 heavy (non-hydrogen) atoms. The number of benzene rings is 1. The second kappa shape index (κ2) is 9.69. The molecule has 1 aliphatic rings. The molecule has 0 radical (unpaired) electrons. The van der Waals surface area contributed by atoms with Crippen LogP contribution >= 0.6 is 0 Å². The number of nitrogens with two attached hydrogens (primary N) is 1.